The first-order chi connectivity index (χ1) is 10.3. The lowest BCUT2D eigenvalue weighted by atomic mass is 9.88. The third kappa shape index (κ3) is 2.36. The van der Waals surface area contributed by atoms with E-state index in [0.29, 0.717) is 23.6 Å². The van der Waals surface area contributed by atoms with Gasteiger partial charge in [0.25, 0.3) is 0 Å². The Hall–Kier alpha value is -1.67. The molecule has 3 heterocycles. The first kappa shape index (κ1) is 15.2. The summed E-state index contributed by atoms with van der Waals surface area (Å²) >= 11 is 0.974. The number of piperidine rings is 1. The van der Waals surface area contributed by atoms with Gasteiger partial charge in [-0.2, -0.15) is 0 Å². The van der Waals surface area contributed by atoms with E-state index in [1.165, 1.54) is 6.07 Å². The number of nitrogens with zero attached hydrogens (tertiary/aromatic N) is 2. The second kappa shape index (κ2) is 5.20. The highest BCUT2D eigenvalue weighted by Gasteiger charge is 2.48. The van der Waals surface area contributed by atoms with E-state index in [0.717, 1.165) is 24.2 Å². The molecule has 120 valence electrons. The van der Waals surface area contributed by atoms with Gasteiger partial charge in [0, 0.05) is 13.0 Å². The summed E-state index contributed by atoms with van der Waals surface area (Å²) in [7, 11) is 0. The van der Waals surface area contributed by atoms with Crippen molar-refractivity contribution in [1.29, 1.82) is 0 Å². The third-order valence-corrected chi connectivity index (χ3v) is 5.38. The van der Waals surface area contributed by atoms with Crippen LogP contribution in [0.1, 0.15) is 44.0 Å². The molecule has 1 amide bonds. The Balaban J connectivity index is 2.07. The maximum absolute atomic E-state index is 12.2. The molecule has 2 atom stereocenters. The normalized spacial score (nSPS) is 27.2. The predicted molar refractivity (Wildman–Crippen MR) is 80.0 cm³/mol. The van der Waals surface area contributed by atoms with Crippen LogP contribution in [0.5, 0.6) is 5.75 Å². The Labute approximate surface area is 131 Å². The smallest absolute Gasteiger partial charge is 0.328 e. The molecule has 0 aliphatic carbocycles. The second-order valence-corrected chi connectivity index (χ2v) is 7.27. The van der Waals surface area contributed by atoms with Crippen LogP contribution in [-0.2, 0) is 4.79 Å². The zero-order valence-electron chi connectivity index (χ0n) is 12.4. The van der Waals surface area contributed by atoms with Gasteiger partial charge in [0.2, 0.25) is 5.91 Å². The lowest BCUT2D eigenvalue weighted by Gasteiger charge is -2.45. The maximum atomic E-state index is 12.2. The fourth-order valence-electron chi connectivity index (χ4n) is 3.05. The molecular weight excluding hydrogens is 308 g/mol. The Morgan fingerprint density at radius 3 is 2.86 bits per heavy atom. The summed E-state index contributed by atoms with van der Waals surface area (Å²) in [5.41, 5.74) is -0.912. The lowest BCUT2D eigenvalue weighted by Crippen LogP contribution is -2.55. The fourth-order valence-corrected chi connectivity index (χ4v) is 4.10. The molecule has 1 aromatic rings. The highest BCUT2D eigenvalue weighted by molar-refractivity contribution is 7.15. The van der Waals surface area contributed by atoms with Crippen molar-refractivity contribution in [3.05, 3.63) is 21.1 Å². The molecule has 0 unspecified atom stereocenters. The minimum absolute atomic E-state index is 0.0185. The molecule has 7 nitrogen and oxygen atoms in total. The van der Waals surface area contributed by atoms with Gasteiger partial charge in [0.1, 0.15) is 17.5 Å². The first-order valence-corrected chi connectivity index (χ1v) is 8.07. The van der Waals surface area contributed by atoms with E-state index < -0.39 is 22.7 Å². The number of likely N-dealkylation sites (tertiary alicyclic amines) is 1. The lowest BCUT2D eigenvalue weighted by molar-refractivity contribution is -0.380. The molecule has 1 saturated heterocycles. The van der Waals surface area contributed by atoms with E-state index in [-0.39, 0.29) is 10.9 Å². The highest BCUT2D eigenvalue weighted by Crippen LogP contribution is 2.49. The minimum atomic E-state index is -0.930. The molecule has 0 spiro atoms. The molecule has 8 heteroatoms. The topological polar surface area (TPSA) is 92.9 Å². The Morgan fingerprint density at radius 1 is 1.50 bits per heavy atom. The van der Waals surface area contributed by atoms with Gasteiger partial charge < -0.3 is 14.7 Å². The van der Waals surface area contributed by atoms with Crippen LogP contribution in [0.2, 0.25) is 0 Å². The van der Waals surface area contributed by atoms with Crippen molar-refractivity contribution >= 4 is 22.2 Å². The van der Waals surface area contributed by atoms with E-state index in [1.807, 2.05) is 0 Å². The number of thiophene rings is 1. The van der Waals surface area contributed by atoms with E-state index >= 15 is 0 Å². The van der Waals surface area contributed by atoms with E-state index in [1.54, 1.807) is 18.7 Å². The summed E-state index contributed by atoms with van der Waals surface area (Å²) in [6, 6.07) is 0.806. The van der Waals surface area contributed by atoms with Gasteiger partial charge in [-0.05, 0) is 26.7 Å². The quantitative estimate of drug-likeness (QED) is 0.664. The van der Waals surface area contributed by atoms with Crippen molar-refractivity contribution in [2.45, 2.75) is 50.9 Å². The van der Waals surface area contributed by atoms with Gasteiger partial charge in [-0.25, -0.2) is 0 Å². The van der Waals surface area contributed by atoms with Crippen LogP contribution in [0.15, 0.2) is 6.07 Å². The van der Waals surface area contributed by atoms with E-state index in [9.17, 15) is 20.0 Å². The van der Waals surface area contributed by atoms with Crippen molar-refractivity contribution in [3.8, 4) is 5.75 Å². The summed E-state index contributed by atoms with van der Waals surface area (Å²) in [5, 5.41) is 21.7. The number of ether oxygens (including phenoxy) is 1. The van der Waals surface area contributed by atoms with Crippen LogP contribution < -0.4 is 4.74 Å². The van der Waals surface area contributed by atoms with Crippen LogP contribution >= 0.6 is 11.3 Å². The van der Waals surface area contributed by atoms with Crippen LogP contribution in [0.3, 0.4) is 0 Å². The largest absolute Gasteiger partial charge is 0.484 e. The SMILES string of the molecule is CC1(C)Oc2cc([N+](=O)[O-])sc2[C@H](N2CCCCC2=O)[C@@H]1O. The molecule has 3 rings (SSSR count). The van der Waals surface area contributed by atoms with Crippen LogP contribution in [0.4, 0.5) is 5.00 Å². The second-order valence-electron chi connectivity index (χ2n) is 6.21. The summed E-state index contributed by atoms with van der Waals surface area (Å²) in [4.78, 5) is 25.0. The van der Waals surface area contributed by atoms with Gasteiger partial charge >= 0.3 is 5.00 Å². The van der Waals surface area contributed by atoms with Crippen LogP contribution in [-0.4, -0.2) is 39.1 Å². The molecule has 0 radical (unpaired) electrons. The maximum Gasteiger partial charge on any atom is 0.328 e. The Morgan fingerprint density at radius 2 is 2.23 bits per heavy atom. The molecule has 1 N–H and O–H groups in total. The van der Waals surface area contributed by atoms with Gasteiger partial charge in [-0.15, -0.1) is 0 Å². The van der Waals surface area contributed by atoms with E-state index in [2.05, 4.69) is 0 Å². The van der Waals surface area contributed by atoms with Gasteiger partial charge in [0.15, 0.2) is 0 Å². The third-order valence-electron chi connectivity index (χ3n) is 4.24. The summed E-state index contributed by atoms with van der Waals surface area (Å²) in [6.07, 6.45) is 1.24. The molecule has 0 aromatic carbocycles. The molecule has 2 aliphatic rings. The van der Waals surface area contributed by atoms with Crippen molar-refractivity contribution in [1.82, 2.24) is 4.90 Å². The predicted octanol–water partition coefficient (Wildman–Crippen LogP) is 2.24. The number of carbonyl (C=O) groups is 1. The number of hydrogen-bond donors (Lipinski definition) is 1. The summed E-state index contributed by atoms with van der Waals surface area (Å²) < 4.78 is 5.74. The molecule has 1 fully saturated rings. The average Bonchev–Trinajstić information content (AvgIpc) is 2.84. The zero-order chi connectivity index (χ0) is 16.1. The van der Waals surface area contributed by atoms with Crippen molar-refractivity contribution in [3.63, 3.8) is 0 Å². The van der Waals surface area contributed by atoms with Crippen LogP contribution in [0.25, 0.3) is 0 Å². The Kier molecular flexibility index (Phi) is 3.60. The summed E-state index contributed by atoms with van der Waals surface area (Å²) in [6.45, 7) is 4.01. The molecule has 0 saturated carbocycles. The molecule has 22 heavy (non-hydrogen) atoms. The number of aliphatic hydroxyl groups excluding tert-OH is 1. The number of rotatable bonds is 2. The number of fused-ring (bicyclic) bond motifs is 1. The van der Waals surface area contributed by atoms with Gasteiger partial charge in [0.05, 0.1) is 21.9 Å². The molecule has 0 bridgehead atoms. The monoisotopic (exact) mass is 326 g/mol. The first-order valence-electron chi connectivity index (χ1n) is 7.26. The van der Waals surface area contributed by atoms with Gasteiger partial charge in [-0.3, -0.25) is 14.9 Å². The summed E-state index contributed by atoms with van der Waals surface area (Å²) in [5.74, 6) is 0.380. The highest BCUT2D eigenvalue weighted by atomic mass is 32.1. The molecular formula is C14H18N2O5S. The number of amides is 1. The van der Waals surface area contributed by atoms with Crippen molar-refractivity contribution < 1.29 is 19.6 Å². The number of hydrogen-bond acceptors (Lipinski definition) is 6. The van der Waals surface area contributed by atoms with Crippen molar-refractivity contribution in [2.24, 2.45) is 0 Å². The average molecular weight is 326 g/mol. The standard InChI is InChI=1S/C14H18N2O5S/c1-14(2)13(18)11(15-6-4-3-5-9(15)17)12-8(21-14)7-10(22-12)16(19)20/h7,11,13,18H,3-6H2,1-2H3/t11-,13-/m0/s1. The van der Waals surface area contributed by atoms with Crippen molar-refractivity contribution in [2.75, 3.05) is 6.54 Å². The van der Waals surface area contributed by atoms with Gasteiger partial charge in [-0.1, -0.05) is 11.3 Å². The van der Waals surface area contributed by atoms with Crippen LogP contribution in [0, 0.1) is 10.1 Å². The number of nitro groups is 1. The number of aliphatic hydroxyl groups is 1. The molecule has 2 aliphatic heterocycles. The minimum Gasteiger partial charge on any atom is -0.484 e. The molecule has 1 aromatic heterocycles. The van der Waals surface area contributed by atoms with E-state index in [4.69, 9.17) is 4.74 Å². The zero-order valence-corrected chi connectivity index (χ0v) is 13.3. The fraction of sp³-hybridized carbons (Fsp3) is 0.643. The number of carbonyl (C=O) groups excluding carboxylic acids is 1. The Bertz CT molecular complexity index is 627.